The third-order valence-electron chi connectivity index (χ3n) is 2.44. The molecule has 18 heavy (non-hydrogen) atoms. The van der Waals surface area contributed by atoms with E-state index in [1.807, 2.05) is 37.3 Å². The lowest BCUT2D eigenvalue weighted by Crippen LogP contribution is -2.15. The molecule has 0 bridgehead atoms. The van der Waals surface area contributed by atoms with Crippen molar-refractivity contribution in [3.05, 3.63) is 36.2 Å². The highest BCUT2D eigenvalue weighted by molar-refractivity contribution is 7.98. The summed E-state index contributed by atoms with van der Waals surface area (Å²) in [5.41, 5.74) is 6.67. The SMILES string of the molecule is CC(N)CCSCc1nc(-c2ccccc2)no1. The van der Waals surface area contributed by atoms with Crippen molar-refractivity contribution in [1.29, 1.82) is 0 Å². The molecule has 0 spiro atoms. The molecule has 0 aliphatic heterocycles. The van der Waals surface area contributed by atoms with E-state index in [2.05, 4.69) is 10.1 Å². The first-order valence-corrected chi connectivity index (χ1v) is 7.12. The summed E-state index contributed by atoms with van der Waals surface area (Å²) in [5, 5.41) is 3.98. The number of nitrogens with two attached hydrogens (primary N) is 1. The largest absolute Gasteiger partial charge is 0.338 e. The van der Waals surface area contributed by atoms with E-state index in [9.17, 15) is 0 Å². The summed E-state index contributed by atoms with van der Waals surface area (Å²) in [7, 11) is 0. The van der Waals surface area contributed by atoms with Gasteiger partial charge in [0, 0.05) is 11.6 Å². The summed E-state index contributed by atoms with van der Waals surface area (Å²) in [4.78, 5) is 4.37. The van der Waals surface area contributed by atoms with Crippen molar-refractivity contribution in [2.75, 3.05) is 5.75 Å². The van der Waals surface area contributed by atoms with E-state index in [1.165, 1.54) is 0 Å². The highest BCUT2D eigenvalue weighted by atomic mass is 32.2. The van der Waals surface area contributed by atoms with Gasteiger partial charge in [-0.3, -0.25) is 0 Å². The number of rotatable bonds is 6. The molecule has 1 aromatic heterocycles. The number of hydrogen-bond donors (Lipinski definition) is 1. The number of aromatic nitrogens is 2. The van der Waals surface area contributed by atoms with Gasteiger partial charge in [0.05, 0.1) is 5.75 Å². The van der Waals surface area contributed by atoms with E-state index >= 15 is 0 Å². The van der Waals surface area contributed by atoms with Crippen molar-refractivity contribution in [3.63, 3.8) is 0 Å². The molecule has 0 aliphatic rings. The van der Waals surface area contributed by atoms with Crippen LogP contribution in [0.1, 0.15) is 19.2 Å². The average Bonchev–Trinajstić information content (AvgIpc) is 2.84. The maximum Gasteiger partial charge on any atom is 0.236 e. The van der Waals surface area contributed by atoms with E-state index in [0.717, 1.165) is 23.5 Å². The van der Waals surface area contributed by atoms with E-state index in [1.54, 1.807) is 11.8 Å². The van der Waals surface area contributed by atoms with E-state index < -0.39 is 0 Å². The number of hydrogen-bond acceptors (Lipinski definition) is 5. The van der Waals surface area contributed by atoms with Crippen LogP contribution in [-0.4, -0.2) is 21.9 Å². The molecule has 4 nitrogen and oxygen atoms in total. The zero-order chi connectivity index (χ0) is 12.8. The minimum atomic E-state index is 0.250. The molecule has 1 atom stereocenters. The Labute approximate surface area is 111 Å². The average molecular weight is 263 g/mol. The van der Waals surface area contributed by atoms with Gasteiger partial charge in [0.1, 0.15) is 0 Å². The van der Waals surface area contributed by atoms with Crippen LogP contribution in [0.15, 0.2) is 34.9 Å². The van der Waals surface area contributed by atoms with Crippen molar-refractivity contribution in [3.8, 4) is 11.4 Å². The van der Waals surface area contributed by atoms with Gasteiger partial charge in [-0.1, -0.05) is 35.5 Å². The van der Waals surface area contributed by atoms with Gasteiger partial charge in [0.15, 0.2) is 0 Å². The van der Waals surface area contributed by atoms with Crippen molar-refractivity contribution in [2.24, 2.45) is 5.73 Å². The second-order valence-corrected chi connectivity index (χ2v) is 5.30. The van der Waals surface area contributed by atoms with Crippen LogP contribution in [0.5, 0.6) is 0 Å². The second kappa shape index (κ2) is 6.56. The minimum absolute atomic E-state index is 0.250. The molecule has 0 aliphatic carbocycles. The molecule has 0 saturated heterocycles. The van der Waals surface area contributed by atoms with Gasteiger partial charge in [0.25, 0.3) is 0 Å². The van der Waals surface area contributed by atoms with Crippen molar-refractivity contribution in [2.45, 2.75) is 25.1 Å². The van der Waals surface area contributed by atoms with Crippen molar-refractivity contribution in [1.82, 2.24) is 10.1 Å². The third kappa shape index (κ3) is 3.85. The van der Waals surface area contributed by atoms with E-state index in [-0.39, 0.29) is 6.04 Å². The van der Waals surface area contributed by atoms with Crippen LogP contribution in [0.25, 0.3) is 11.4 Å². The predicted molar refractivity (Wildman–Crippen MR) is 74.2 cm³/mol. The lowest BCUT2D eigenvalue weighted by atomic mass is 10.2. The van der Waals surface area contributed by atoms with Gasteiger partial charge in [-0.05, 0) is 19.1 Å². The summed E-state index contributed by atoms with van der Waals surface area (Å²) in [6.07, 6.45) is 1.00. The number of benzene rings is 1. The maximum atomic E-state index is 5.69. The van der Waals surface area contributed by atoms with Gasteiger partial charge < -0.3 is 10.3 Å². The maximum absolute atomic E-state index is 5.69. The highest BCUT2D eigenvalue weighted by Gasteiger charge is 2.07. The Balaban J connectivity index is 1.87. The molecule has 2 aromatic rings. The molecule has 0 amide bonds. The Hall–Kier alpha value is -1.33. The van der Waals surface area contributed by atoms with Gasteiger partial charge in [-0.2, -0.15) is 16.7 Å². The number of thioether (sulfide) groups is 1. The quantitative estimate of drug-likeness (QED) is 0.812. The molecule has 0 radical (unpaired) electrons. The Morgan fingerprint density at radius 2 is 2.11 bits per heavy atom. The molecule has 0 saturated carbocycles. The zero-order valence-corrected chi connectivity index (χ0v) is 11.2. The standard InChI is InChI=1S/C13H17N3OS/c1-10(14)7-8-18-9-12-15-13(16-17-12)11-5-3-2-4-6-11/h2-6,10H,7-9,14H2,1H3. The molecule has 1 unspecified atom stereocenters. The highest BCUT2D eigenvalue weighted by Crippen LogP contribution is 2.17. The summed E-state index contributed by atoms with van der Waals surface area (Å²) in [6.45, 7) is 2.01. The van der Waals surface area contributed by atoms with Crippen LogP contribution in [0, 0.1) is 0 Å². The van der Waals surface area contributed by atoms with Gasteiger partial charge >= 0.3 is 0 Å². The second-order valence-electron chi connectivity index (χ2n) is 4.20. The first-order valence-electron chi connectivity index (χ1n) is 5.97. The fraction of sp³-hybridized carbons (Fsp3) is 0.385. The fourth-order valence-corrected chi connectivity index (χ4v) is 2.42. The van der Waals surface area contributed by atoms with Gasteiger partial charge in [-0.25, -0.2) is 0 Å². The predicted octanol–water partition coefficient (Wildman–Crippen LogP) is 2.71. The van der Waals surface area contributed by atoms with Crippen LogP contribution in [0.3, 0.4) is 0 Å². The molecule has 2 N–H and O–H groups in total. The first kappa shape index (κ1) is 13.1. The lowest BCUT2D eigenvalue weighted by Gasteiger charge is -2.01. The smallest absolute Gasteiger partial charge is 0.236 e. The molecule has 0 fully saturated rings. The van der Waals surface area contributed by atoms with E-state index in [4.69, 9.17) is 10.3 Å². The molecular formula is C13H17N3OS. The van der Waals surface area contributed by atoms with E-state index in [0.29, 0.717) is 11.7 Å². The minimum Gasteiger partial charge on any atom is -0.338 e. The Morgan fingerprint density at radius 3 is 2.83 bits per heavy atom. The Bertz CT molecular complexity index is 470. The molecule has 5 heteroatoms. The summed E-state index contributed by atoms with van der Waals surface area (Å²) in [5.74, 6) is 3.08. The van der Waals surface area contributed by atoms with Gasteiger partial charge in [0.2, 0.25) is 11.7 Å². The first-order chi connectivity index (χ1) is 8.75. The van der Waals surface area contributed by atoms with Crippen LogP contribution < -0.4 is 5.73 Å². The molecule has 1 heterocycles. The molecule has 2 rings (SSSR count). The molecule has 1 aromatic carbocycles. The summed E-state index contributed by atoms with van der Waals surface area (Å²) >= 11 is 1.77. The Kier molecular flexibility index (Phi) is 4.78. The Morgan fingerprint density at radius 1 is 1.33 bits per heavy atom. The third-order valence-corrected chi connectivity index (χ3v) is 3.42. The molecule has 96 valence electrons. The van der Waals surface area contributed by atoms with Crippen molar-refractivity contribution >= 4 is 11.8 Å². The topological polar surface area (TPSA) is 64.9 Å². The van der Waals surface area contributed by atoms with Crippen LogP contribution in [0.2, 0.25) is 0 Å². The molecular weight excluding hydrogens is 246 g/mol. The zero-order valence-electron chi connectivity index (χ0n) is 10.4. The van der Waals surface area contributed by atoms with Crippen LogP contribution in [-0.2, 0) is 5.75 Å². The lowest BCUT2D eigenvalue weighted by molar-refractivity contribution is 0.391. The monoisotopic (exact) mass is 263 g/mol. The summed E-state index contributed by atoms with van der Waals surface area (Å²) in [6, 6.07) is 10.1. The van der Waals surface area contributed by atoms with Crippen molar-refractivity contribution < 1.29 is 4.52 Å². The summed E-state index contributed by atoms with van der Waals surface area (Å²) < 4.78 is 5.21. The fourth-order valence-electron chi connectivity index (χ4n) is 1.45. The van der Waals surface area contributed by atoms with Crippen LogP contribution in [0.4, 0.5) is 0 Å². The normalized spacial score (nSPS) is 12.6. The number of nitrogens with zero attached hydrogens (tertiary/aromatic N) is 2. The van der Waals surface area contributed by atoms with Gasteiger partial charge in [-0.15, -0.1) is 0 Å². The van der Waals surface area contributed by atoms with Crippen LogP contribution >= 0.6 is 11.8 Å².